The Labute approximate surface area is 88.6 Å². The van der Waals surface area contributed by atoms with Crippen molar-refractivity contribution in [1.82, 2.24) is 4.90 Å². The van der Waals surface area contributed by atoms with Crippen molar-refractivity contribution in [2.45, 2.75) is 6.54 Å². The molecule has 0 amide bonds. The average Bonchev–Trinajstić information content (AvgIpc) is 2.41. The van der Waals surface area contributed by atoms with Gasteiger partial charge in [-0.2, -0.15) is 0 Å². The van der Waals surface area contributed by atoms with Gasteiger partial charge in [0.1, 0.15) is 6.61 Å². The number of benzene rings is 1. The van der Waals surface area contributed by atoms with Crippen molar-refractivity contribution in [3.05, 3.63) is 29.6 Å². The Kier molecular flexibility index (Phi) is 3.18. The minimum absolute atomic E-state index is 0.276. The molecule has 1 aliphatic rings. The summed E-state index contributed by atoms with van der Waals surface area (Å²) in [5.74, 6) is 0.124. The van der Waals surface area contributed by atoms with Crippen LogP contribution in [0.5, 0.6) is 5.75 Å². The maximum absolute atomic E-state index is 13.4. The van der Waals surface area contributed by atoms with E-state index in [1.165, 1.54) is 6.07 Å². The standard InChI is InChI=1S/C11H15FN2O/c12-10-3-1-2-9-8-14(5-4-13)6-7-15-11(9)10/h1-3H,4-8,13H2. The number of nitrogens with zero attached hydrogens (tertiary/aromatic N) is 1. The van der Waals surface area contributed by atoms with Crippen molar-refractivity contribution in [3.63, 3.8) is 0 Å². The lowest BCUT2D eigenvalue weighted by Crippen LogP contribution is -2.30. The molecular weight excluding hydrogens is 195 g/mol. The molecule has 1 aromatic rings. The summed E-state index contributed by atoms with van der Waals surface area (Å²) in [7, 11) is 0. The molecular formula is C11H15FN2O. The molecule has 0 aromatic heterocycles. The summed E-state index contributed by atoms with van der Waals surface area (Å²) in [6.07, 6.45) is 0. The largest absolute Gasteiger partial charge is 0.489 e. The highest BCUT2D eigenvalue weighted by Gasteiger charge is 2.17. The molecule has 0 saturated carbocycles. The molecule has 1 aromatic carbocycles. The van der Waals surface area contributed by atoms with Crippen LogP contribution >= 0.6 is 0 Å². The van der Waals surface area contributed by atoms with Gasteiger partial charge >= 0.3 is 0 Å². The van der Waals surface area contributed by atoms with Crippen LogP contribution in [0.1, 0.15) is 5.56 Å². The summed E-state index contributed by atoms with van der Waals surface area (Å²) < 4.78 is 18.8. The second kappa shape index (κ2) is 4.59. The SMILES string of the molecule is NCCN1CCOc2c(F)cccc2C1. The zero-order valence-electron chi connectivity index (χ0n) is 8.58. The van der Waals surface area contributed by atoms with Crippen molar-refractivity contribution >= 4 is 0 Å². The maximum atomic E-state index is 13.4. The molecule has 2 rings (SSSR count). The Morgan fingerprint density at radius 3 is 3.13 bits per heavy atom. The van der Waals surface area contributed by atoms with Crippen LogP contribution in [0.3, 0.4) is 0 Å². The summed E-state index contributed by atoms with van der Waals surface area (Å²) in [5, 5.41) is 0. The van der Waals surface area contributed by atoms with Crippen molar-refractivity contribution < 1.29 is 9.13 Å². The molecule has 4 heteroatoms. The van der Waals surface area contributed by atoms with Gasteiger partial charge in [0.2, 0.25) is 0 Å². The predicted octanol–water partition coefficient (Wildman–Crippen LogP) is 0.979. The summed E-state index contributed by atoms with van der Waals surface area (Å²) >= 11 is 0. The fourth-order valence-corrected chi connectivity index (χ4v) is 1.81. The number of para-hydroxylation sites is 1. The van der Waals surface area contributed by atoms with Crippen LogP contribution in [0.25, 0.3) is 0 Å². The van der Waals surface area contributed by atoms with E-state index in [9.17, 15) is 4.39 Å². The van der Waals surface area contributed by atoms with Gasteiger partial charge in [-0.1, -0.05) is 12.1 Å². The van der Waals surface area contributed by atoms with Crippen molar-refractivity contribution in [3.8, 4) is 5.75 Å². The fraction of sp³-hybridized carbons (Fsp3) is 0.455. The van der Waals surface area contributed by atoms with E-state index >= 15 is 0 Å². The maximum Gasteiger partial charge on any atom is 0.165 e. The van der Waals surface area contributed by atoms with Gasteiger partial charge in [-0.25, -0.2) is 4.39 Å². The Hall–Kier alpha value is -1.13. The lowest BCUT2D eigenvalue weighted by molar-refractivity contribution is 0.227. The van der Waals surface area contributed by atoms with Gasteiger partial charge in [-0.05, 0) is 6.07 Å². The topological polar surface area (TPSA) is 38.5 Å². The first kappa shape index (κ1) is 10.4. The average molecular weight is 210 g/mol. The molecule has 0 unspecified atom stereocenters. The monoisotopic (exact) mass is 210 g/mol. The molecule has 0 aliphatic carbocycles. The number of nitrogens with two attached hydrogens (primary N) is 1. The fourth-order valence-electron chi connectivity index (χ4n) is 1.81. The Morgan fingerprint density at radius 1 is 1.47 bits per heavy atom. The van der Waals surface area contributed by atoms with Crippen LogP contribution in [0.15, 0.2) is 18.2 Å². The van der Waals surface area contributed by atoms with E-state index < -0.39 is 0 Å². The van der Waals surface area contributed by atoms with Gasteiger partial charge in [-0.15, -0.1) is 0 Å². The van der Waals surface area contributed by atoms with Crippen LogP contribution in [0.4, 0.5) is 4.39 Å². The van der Waals surface area contributed by atoms with Crippen molar-refractivity contribution in [2.75, 3.05) is 26.2 Å². The number of rotatable bonds is 2. The highest BCUT2D eigenvalue weighted by molar-refractivity contribution is 5.35. The smallest absolute Gasteiger partial charge is 0.165 e. The third-order valence-corrected chi connectivity index (χ3v) is 2.54. The second-order valence-corrected chi connectivity index (χ2v) is 3.64. The first-order chi connectivity index (χ1) is 7.31. The lowest BCUT2D eigenvalue weighted by atomic mass is 10.2. The van der Waals surface area contributed by atoms with Gasteiger partial charge in [-0.3, -0.25) is 4.90 Å². The lowest BCUT2D eigenvalue weighted by Gasteiger charge is -2.17. The Morgan fingerprint density at radius 2 is 2.33 bits per heavy atom. The first-order valence-corrected chi connectivity index (χ1v) is 5.14. The Balaban J connectivity index is 2.22. The number of hydrogen-bond donors (Lipinski definition) is 1. The zero-order valence-corrected chi connectivity index (χ0v) is 8.58. The molecule has 15 heavy (non-hydrogen) atoms. The van der Waals surface area contributed by atoms with Crippen LogP contribution in [0.2, 0.25) is 0 Å². The van der Waals surface area contributed by atoms with E-state index in [0.29, 0.717) is 25.4 Å². The highest BCUT2D eigenvalue weighted by atomic mass is 19.1. The summed E-state index contributed by atoms with van der Waals surface area (Å²) in [6.45, 7) is 3.47. The third-order valence-electron chi connectivity index (χ3n) is 2.54. The van der Waals surface area contributed by atoms with E-state index in [-0.39, 0.29) is 5.82 Å². The second-order valence-electron chi connectivity index (χ2n) is 3.64. The molecule has 0 radical (unpaired) electrons. The van der Waals surface area contributed by atoms with Crippen molar-refractivity contribution in [2.24, 2.45) is 5.73 Å². The van der Waals surface area contributed by atoms with E-state index in [1.54, 1.807) is 6.07 Å². The first-order valence-electron chi connectivity index (χ1n) is 5.14. The van der Waals surface area contributed by atoms with E-state index in [4.69, 9.17) is 10.5 Å². The molecule has 1 aliphatic heterocycles. The van der Waals surface area contributed by atoms with E-state index in [2.05, 4.69) is 4.90 Å². The zero-order chi connectivity index (χ0) is 10.7. The van der Waals surface area contributed by atoms with Crippen LogP contribution in [0, 0.1) is 5.82 Å². The molecule has 0 fully saturated rings. The minimum atomic E-state index is -0.276. The van der Waals surface area contributed by atoms with Crippen LogP contribution in [-0.4, -0.2) is 31.1 Å². The normalized spacial score (nSPS) is 16.7. The van der Waals surface area contributed by atoms with Gasteiger partial charge in [0.05, 0.1) is 0 Å². The van der Waals surface area contributed by atoms with Gasteiger partial charge in [0.15, 0.2) is 11.6 Å². The number of ether oxygens (including phenoxy) is 1. The summed E-state index contributed by atoms with van der Waals surface area (Å²) in [4.78, 5) is 2.17. The van der Waals surface area contributed by atoms with E-state index in [1.807, 2.05) is 6.07 Å². The van der Waals surface area contributed by atoms with Gasteiger partial charge in [0, 0.05) is 31.7 Å². The molecule has 0 spiro atoms. The van der Waals surface area contributed by atoms with Crippen molar-refractivity contribution in [1.29, 1.82) is 0 Å². The molecule has 0 saturated heterocycles. The number of halogens is 1. The summed E-state index contributed by atoms with van der Waals surface area (Å²) in [6, 6.07) is 5.04. The number of hydrogen-bond acceptors (Lipinski definition) is 3. The highest BCUT2D eigenvalue weighted by Crippen LogP contribution is 2.25. The molecule has 3 nitrogen and oxygen atoms in total. The van der Waals surface area contributed by atoms with Gasteiger partial charge < -0.3 is 10.5 Å². The molecule has 1 heterocycles. The molecule has 2 N–H and O–H groups in total. The quantitative estimate of drug-likeness (QED) is 0.790. The molecule has 82 valence electrons. The minimum Gasteiger partial charge on any atom is -0.489 e. The molecule has 0 atom stereocenters. The summed E-state index contributed by atoms with van der Waals surface area (Å²) in [5.41, 5.74) is 6.41. The predicted molar refractivity (Wildman–Crippen MR) is 56.2 cm³/mol. The third kappa shape index (κ3) is 2.27. The van der Waals surface area contributed by atoms with Gasteiger partial charge in [0.25, 0.3) is 0 Å². The van der Waals surface area contributed by atoms with Crippen LogP contribution < -0.4 is 10.5 Å². The molecule has 0 bridgehead atoms. The van der Waals surface area contributed by atoms with E-state index in [0.717, 1.165) is 18.7 Å². The van der Waals surface area contributed by atoms with Crippen LogP contribution in [-0.2, 0) is 6.54 Å². The Bertz CT molecular complexity index is 343. The number of fused-ring (bicyclic) bond motifs is 1.